The van der Waals surface area contributed by atoms with Crippen LogP contribution in [-0.4, -0.2) is 23.9 Å². The second-order valence-electron chi connectivity index (χ2n) is 7.72. The molecule has 0 aromatic heterocycles. The fraction of sp³-hybridized carbons (Fsp3) is 0.435. The van der Waals surface area contributed by atoms with Gasteiger partial charge in [0, 0.05) is 32.6 Å². The molecule has 4 rings (SSSR count). The molecule has 1 saturated heterocycles. The number of piperidine rings is 1. The van der Waals surface area contributed by atoms with Gasteiger partial charge >= 0.3 is 0 Å². The molecule has 1 fully saturated rings. The minimum absolute atomic E-state index is 0.321. The van der Waals surface area contributed by atoms with Crippen LogP contribution in [0.25, 0.3) is 0 Å². The fourth-order valence-electron chi connectivity index (χ4n) is 4.25. The standard InChI is InChI=1S/C23H28N2O/c26-23(9-7-19-6-8-21-16-24-17-22(21)15-19)25-12-10-20(11-13-25)14-18-4-2-1-3-5-18/h1-6,8,15,20,24H,7,9-14,16-17H2. The van der Waals surface area contributed by atoms with Gasteiger partial charge in [-0.1, -0.05) is 48.5 Å². The van der Waals surface area contributed by atoms with Crippen LogP contribution in [0.1, 0.15) is 41.5 Å². The molecule has 0 aliphatic carbocycles. The first kappa shape index (κ1) is 17.3. The molecule has 3 heteroatoms. The lowest BCUT2D eigenvalue weighted by atomic mass is 9.90. The molecule has 1 amide bonds. The average Bonchev–Trinajstić information content (AvgIpc) is 3.15. The first-order valence-corrected chi connectivity index (χ1v) is 9.91. The van der Waals surface area contributed by atoms with Crippen molar-refractivity contribution >= 4 is 5.91 Å². The molecule has 0 bridgehead atoms. The number of carbonyl (C=O) groups excluding carboxylic acids is 1. The van der Waals surface area contributed by atoms with Crippen LogP contribution in [0.4, 0.5) is 0 Å². The third kappa shape index (κ3) is 4.16. The van der Waals surface area contributed by atoms with Gasteiger partial charge in [0.1, 0.15) is 0 Å². The maximum absolute atomic E-state index is 12.6. The van der Waals surface area contributed by atoms with E-state index in [0.717, 1.165) is 51.9 Å². The quantitative estimate of drug-likeness (QED) is 0.893. The van der Waals surface area contributed by atoms with Gasteiger partial charge in [0.15, 0.2) is 0 Å². The van der Waals surface area contributed by atoms with Crippen molar-refractivity contribution in [2.24, 2.45) is 5.92 Å². The van der Waals surface area contributed by atoms with E-state index in [1.807, 2.05) is 0 Å². The maximum atomic E-state index is 12.6. The number of hydrogen-bond donors (Lipinski definition) is 1. The summed E-state index contributed by atoms with van der Waals surface area (Å²) < 4.78 is 0. The molecule has 0 spiro atoms. The van der Waals surface area contributed by atoms with E-state index in [2.05, 4.69) is 58.7 Å². The zero-order valence-corrected chi connectivity index (χ0v) is 15.4. The Morgan fingerprint density at radius 3 is 2.54 bits per heavy atom. The maximum Gasteiger partial charge on any atom is 0.222 e. The first-order valence-electron chi connectivity index (χ1n) is 9.91. The molecule has 0 atom stereocenters. The Hall–Kier alpha value is -2.13. The van der Waals surface area contributed by atoms with Gasteiger partial charge in [0.2, 0.25) is 5.91 Å². The van der Waals surface area contributed by atoms with E-state index >= 15 is 0 Å². The lowest BCUT2D eigenvalue weighted by molar-refractivity contribution is -0.132. The molecule has 0 unspecified atom stereocenters. The van der Waals surface area contributed by atoms with E-state index in [1.54, 1.807) is 0 Å². The van der Waals surface area contributed by atoms with Crippen molar-refractivity contribution in [2.45, 2.75) is 45.2 Å². The molecule has 2 aromatic carbocycles. The van der Waals surface area contributed by atoms with Crippen LogP contribution in [0.3, 0.4) is 0 Å². The lowest BCUT2D eigenvalue weighted by Crippen LogP contribution is -2.39. The van der Waals surface area contributed by atoms with Crippen molar-refractivity contribution in [2.75, 3.05) is 13.1 Å². The average molecular weight is 348 g/mol. The predicted molar refractivity (Wildman–Crippen MR) is 105 cm³/mol. The zero-order chi connectivity index (χ0) is 17.8. The fourth-order valence-corrected chi connectivity index (χ4v) is 4.25. The van der Waals surface area contributed by atoms with Crippen LogP contribution in [0.15, 0.2) is 48.5 Å². The summed E-state index contributed by atoms with van der Waals surface area (Å²) in [6.07, 6.45) is 4.90. The number of nitrogens with one attached hydrogen (secondary N) is 1. The molecule has 2 aromatic rings. The second-order valence-corrected chi connectivity index (χ2v) is 7.72. The van der Waals surface area contributed by atoms with Gasteiger partial charge in [-0.05, 0) is 53.9 Å². The summed E-state index contributed by atoms with van der Waals surface area (Å²) in [5.41, 5.74) is 5.51. The number of carbonyl (C=O) groups is 1. The summed E-state index contributed by atoms with van der Waals surface area (Å²) in [5, 5.41) is 3.38. The van der Waals surface area contributed by atoms with Crippen molar-refractivity contribution in [3.8, 4) is 0 Å². The summed E-state index contributed by atoms with van der Waals surface area (Å²) in [6.45, 7) is 3.79. The molecule has 2 aliphatic heterocycles. The Balaban J connectivity index is 1.23. The Labute approximate surface area is 156 Å². The van der Waals surface area contributed by atoms with Crippen molar-refractivity contribution in [1.82, 2.24) is 10.2 Å². The summed E-state index contributed by atoms with van der Waals surface area (Å²) >= 11 is 0. The van der Waals surface area contributed by atoms with Gasteiger partial charge in [-0.2, -0.15) is 0 Å². The van der Waals surface area contributed by atoms with Crippen molar-refractivity contribution in [3.63, 3.8) is 0 Å². The molecule has 136 valence electrons. The summed E-state index contributed by atoms with van der Waals surface area (Å²) in [5.74, 6) is 1.03. The van der Waals surface area contributed by atoms with E-state index in [9.17, 15) is 4.79 Å². The van der Waals surface area contributed by atoms with Gasteiger partial charge in [0.05, 0.1) is 0 Å². The molecule has 26 heavy (non-hydrogen) atoms. The predicted octanol–water partition coefficient (Wildman–Crippen LogP) is 3.70. The topological polar surface area (TPSA) is 32.3 Å². The minimum Gasteiger partial charge on any atom is -0.343 e. The number of rotatable bonds is 5. The van der Waals surface area contributed by atoms with Crippen LogP contribution in [0.2, 0.25) is 0 Å². The third-order valence-electron chi connectivity index (χ3n) is 5.86. The van der Waals surface area contributed by atoms with E-state index in [0.29, 0.717) is 18.2 Å². The number of fused-ring (bicyclic) bond motifs is 1. The van der Waals surface area contributed by atoms with Gasteiger partial charge in [-0.15, -0.1) is 0 Å². The largest absolute Gasteiger partial charge is 0.343 e. The molecule has 1 N–H and O–H groups in total. The smallest absolute Gasteiger partial charge is 0.222 e. The highest BCUT2D eigenvalue weighted by atomic mass is 16.2. The molecular weight excluding hydrogens is 320 g/mol. The van der Waals surface area contributed by atoms with Crippen LogP contribution < -0.4 is 5.32 Å². The Bertz CT molecular complexity index is 748. The monoisotopic (exact) mass is 348 g/mol. The number of aryl methyl sites for hydroxylation is 1. The van der Waals surface area contributed by atoms with E-state index in [4.69, 9.17) is 0 Å². The molecule has 2 heterocycles. The van der Waals surface area contributed by atoms with Gasteiger partial charge in [0.25, 0.3) is 0 Å². The third-order valence-corrected chi connectivity index (χ3v) is 5.86. The highest BCUT2D eigenvalue weighted by molar-refractivity contribution is 5.76. The SMILES string of the molecule is O=C(CCc1ccc2c(c1)CNC2)N1CCC(Cc2ccccc2)CC1. The lowest BCUT2D eigenvalue weighted by Gasteiger charge is -2.32. The van der Waals surface area contributed by atoms with E-state index in [1.165, 1.54) is 22.3 Å². The highest BCUT2D eigenvalue weighted by Gasteiger charge is 2.22. The second kappa shape index (κ2) is 8.05. The molecule has 0 radical (unpaired) electrons. The van der Waals surface area contributed by atoms with Crippen molar-refractivity contribution in [3.05, 3.63) is 70.8 Å². The van der Waals surface area contributed by atoms with Crippen LogP contribution in [-0.2, 0) is 30.7 Å². The summed E-state index contributed by atoms with van der Waals surface area (Å²) in [6, 6.07) is 17.4. The van der Waals surface area contributed by atoms with Gasteiger partial charge < -0.3 is 10.2 Å². The normalized spacial score (nSPS) is 17.3. The molecule has 3 nitrogen and oxygen atoms in total. The Morgan fingerprint density at radius 1 is 0.962 bits per heavy atom. The minimum atomic E-state index is 0.321. The number of hydrogen-bond acceptors (Lipinski definition) is 2. The number of amides is 1. The van der Waals surface area contributed by atoms with Crippen molar-refractivity contribution in [1.29, 1.82) is 0 Å². The summed E-state index contributed by atoms with van der Waals surface area (Å²) in [4.78, 5) is 14.7. The van der Waals surface area contributed by atoms with Gasteiger partial charge in [-0.3, -0.25) is 4.79 Å². The molecular formula is C23H28N2O. The molecule has 2 aliphatic rings. The van der Waals surface area contributed by atoms with E-state index < -0.39 is 0 Å². The van der Waals surface area contributed by atoms with Gasteiger partial charge in [-0.25, -0.2) is 0 Å². The van der Waals surface area contributed by atoms with Crippen LogP contribution in [0.5, 0.6) is 0 Å². The summed E-state index contributed by atoms with van der Waals surface area (Å²) in [7, 11) is 0. The zero-order valence-electron chi connectivity index (χ0n) is 15.4. The van der Waals surface area contributed by atoms with E-state index in [-0.39, 0.29) is 0 Å². The van der Waals surface area contributed by atoms with Crippen LogP contribution >= 0.6 is 0 Å². The number of nitrogens with zero attached hydrogens (tertiary/aromatic N) is 1. The highest BCUT2D eigenvalue weighted by Crippen LogP contribution is 2.23. The van der Waals surface area contributed by atoms with Crippen molar-refractivity contribution < 1.29 is 4.79 Å². The molecule has 0 saturated carbocycles. The number of benzene rings is 2. The Kier molecular flexibility index (Phi) is 5.35. The Morgan fingerprint density at radius 2 is 1.73 bits per heavy atom. The van der Waals surface area contributed by atoms with Crippen LogP contribution in [0, 0.1) is 5.92 Å². The first-order chi connectivity index (χ1) is 12.8. The number of likely N-dealkylation sites (tertiary alicyclic amines) is 1.